The van der Waals surface area contributed by atoms with Crippen LogP contribution in [0.5, 0.6) is 0 Å². The molecule has 1 aromatic heterocycles. The summed E-state index contributed by atoms with van der Waals surface area (Å²) in [5, 5.41) is 13.1. The molecule has 23 heavy (non-hydrogen) atoms. The lowest BCUT2D eigenvalue weighted by Gasteiger charge is -2.24. The zero-order valence-electron chi connectivity index (χ0n) is 13.2. The molecule has 2 heterocycles. The van der Waals surface area contributed by atoms with Crippen molar-refractivity contribution in [3.63, 3.8) is 0 Å². The van der Waals surface area contributed by atoms with E-state index >= 15 is 0 Å². The van der Waals surface area contributed by atoms with Crippen LogP contribution in [0.15, 0.2) is 36.7 Å². The number of benzene rings is 1. The highest BCUT2D eigenvalue weighted by Crippen LogP contribution is 2.34. The number of rotatable bonds is 4. The molecule has 5 heteroatoms. The zero-order chi connectivity index (χ0) is 15.6. The van der Waals surface area contributed by atoms with Gasteiger partial charge in [-0.2, -0.15) is 0 Å². The quantitative estimate of drug-likeness (QED) is 0.909. The van der Waals surface area contributed by atoms with Crippen molar-refractivity contribution in [1.29, 1.82) is 0 Å². The van der Waals surface area contributed by atoms with Crippen LogP contribution in [0.4, 0.5) is 11.6 Å². The monoisotopic (exact) mass is 310 g/mol. The van der Waals surface area contributed by atoms with Crippen LogP contribution in [0.25, 0.3) is 0 Å². The molecule has 2 aromatic rings. The van der Waals surface area contributed by atoms with Crippen LogP contribution < -0.4 is 10.2 Å². The van der Waals surface area contributed by atoms with E-state index in [1.807, 2.05) is 6.07 Å². The van der Waals surface area contributed by atoms with E-state index in [1.54, 1.807) is 6.33 Å². The van der Waals surface area contributed by atoms with Crippen LogP contribution in [0.3, 0.4) is 0 Å². The zero-order valence-corrected chi connectivity index (χ0v) is 13.2. The smallest absolute Gasteiger partial charge is 0.134 e. The number of nitrogens with one attached hydrogen (secondary N) is 1. The lowest BCUT2D eigenvalue weighted by atomic mass is 10.1. The van der Waals surface area contributed by atoms with E-state index in [-0.39, 0.29) is 12.6 Å². The van der Waals surface area contributed by atoms with E-state index in [0.29, 0.717) is 6.04 Å². The van der Waals surface area contributed by atoms with Gasteiger partial charge >= 0.3 is 0 Å². The molecule has 2 N–H and O–H groups in total. The first-order valence-electron chi connectivity index (χ1n) is 8.39. The number of aliphatic hydroxyl groups excluding tert-OH is 1. The van der Waals surface area contributed by atoms with E-state index < -0.39 is 0 Å². The molecule has 2 atom stereocenters. The van der Waals surface area contributed by atoms with Crippen molar-refractivity contribution in [3.8, 4) is 0 Å². The third kappa shape index (κ3) is 2.77. The predicted molar refractivity (Wildman–Crippen MR) is 90.6 cm³/mol. The number of anilines is 2. The Bertz CT molecular complexity index is 690. The molecule has 0 spiro atoms. The molecule has 1 aromatic carbocycles. The largest absolute Gasteiger partial charge is 0.394 e. The number of aliphatic hydroxyl groups is 1. The van der Waals surface area contributed by atoms with Crippen molar-refractivity contribution in [2.75, 3.05) is 23.4 Å². The summed E-state index contributed by atoms with van der Waals surface area (Å²) in [5.74, 6) is 1.77. The molecule has 5 nitrogen and oxygen atoms in total. The second kappa shape index (κ2) is 6.16. The summed E-state index contributed by atoms with van der Waals surface area (Å²) in [7, 11) is 0. The Morgan fingerprint density at radius 2 is 2.13 bits per heavy atom. The van der Waals surface area contributed by atoms with Gasteiger partial charge in [-0.3, -0.25) is 0 Å². The second-order valence-corrected chi connectivity index (χ2v) is 6.37. The van der Waals surface area contributed by atoms with Crippen molar-refractivity contribution in [3.05, 3.63) is 47.8 Å². The number of aromatic nitrogens is 2. The minimum atomic E-state index is 0.183. The van der Waals surface area contributed by atoms with Gasteiger partial charge in [-0.25, -0.2) is 9.97 Å². The van der Waals surface area contributed by atoms with Crippen molar-refractivity contribution in [2.24, 2.45) is 0 Å². The third-order valence-corrected chi connectivity index (χ3v) is 4.99. The molecule has 0 amide bonds. The molecular weight excluding hydrogens is 288 g/mol. The molecule has 0 saturated carbocycles. The van der Waals surface area contributed by atoms with Crippen molar-refractivity contribution in [1.82, 2.24) is 9.97 Å². The lowest BCUT2D eigenvalue weighted by molar-refractivity contribution is 0.266. The number of hydrogen-bond acceptors (Lipinski definition) is 5. The van der Waals surface area contributed by atoms with Crippen LogP contribution in [-0.2, 0) is 6.42 Å². The summed E-state index contributed by atoms with van der Waals surface area (Å²) >= 11 is 0. The summed E-state index contributed by atoms with van der Waals surface area (Å²) in [6, 6.07) is 11.1. The summed E-state index contributed by atoms with van der Waals surface area (Å²) in [6.07, 6.45) is 5.96. The summed E-state index contributed by atoms with van der Waals surface area (Å²) in [4.78, 5) is 11.0. The van der Waals surface area contributed by atoms with E-state index in [4.69, 9.17) is 0 Å². The van der Waals surface area contributed by atoms with Gasteiger partial charge in [-0.15, -0.1) is 0 Å². The molecule has 2 unspecified atom stereocenters. The van der Waals surface area contributed by atoms with Gasteiger partial charge in [0.2, 0.25) is 0 Å². The van der Waals surface area contributed by atoms with E-state index in [9.17, 15) is 5.11 Å². The fraction of sp³-hybridized carbons (Fsp3) is 0.444. The van der Waals surface area contributed by atoms with Crippen LogP contribution in [0.2, 0.25) is 0 Å². The molecular formula is C18H22N4O. The van der Waals surface area contributed by atoms with Crippen LogP contribution >= 0.6 is 0 Å². The molecule has 1 fully saturated rings. The topological polar surface area (TPSA) is 61.3 Å². The number of aryl methyl sites for hydroxylation is 1. The van der Waals surface area contributed by atoms with Gasteiger partial charge in [0.1, 0.15) is 18.0 Å². The minimum absolute atomic E-state index is 0.183. The van der Waals surface area contributed by atoms with Crippen LogP contribution in [-0.4, -0.2) is 34.3 Å². The summed E-state index contributed by atoms with van der Waals surface area (Å²) in [6.45, 7) is 1.14. The molecule has 0 radical (unpaired) electrons. The first-order chi connectivity index (χ1) is 11.3. The normalized spacial score (nSPS) is 23.1. The molecule has 1 saturated heterocycles. The number of hydrogen-bond donors (Lipinski definition) is 2. The SMILES string of the molecule is OCC1CCCN1c1cc(NC2CCc3ccccc32)ncn1. The Labute approximate surface area is 136 Å². The average Bonchev–Trinajstić information content (AvgIpc) is 3.22. The lowest BCUT2D eigenvalue weighted by Crippen LogP contribution is -2.32. The maximum absolute atomic E-state index is 9.51. The van der Waals surface area contributed by atoms with E-state index in [0.717, 1.165) is 43.9 Å². The summed E-state index contributed by atoms with van der Waals surface area (Å²) in [5.41, 5.74) is 2.81. The Balaban J connectivity index is 1.53. The highest BCUT2D eigenvalue weighted by molar-refractivity contribution is 5.52. The molecule has 2 aliphatic rings. The number of nitrogens with zero attached hydrogens (tertiary/aromatic N) is 3. The van der Waals surface area contributed by atoms with Gasteiger partial charge in [0.25, 0.3) is 0 Å². The van der Waals surface area contributed by atoms with Gasteiger partial charge in [-0.05, 0) is 36.8 Å². The van der Waals surface area contributed by atoms with Gasteiger partial charge in [-0.1, -0.05) is 24.3 Å². The minimum Gasteiger partial charge on any atom is -0.394 e. The average molecular weight is 310 g/mol. The Kier molecular flexibility index (Phi) is 3.87. The maximum Gasteiger partial charge on any atom is 0.134 e. The molecule has 1 aliphatic heterocycles. The van der Waals surface area contributed by atoms with Crippen molar-refractivity contribution >= 4 is 11.6 Å². The maximum atomic E-state index is 9.51. The van der Waals surface area contributed by atoms with Gasteiger partial charge < -0.3 is 15.3 Å². The van der Waals surface area contributed by atoms with Gasteiger partial charge in [0.15, 0.2) is 0 Å². The first-order valence-corrected chi connectivity index (χ1v) is 8.39. The highest BCUT2D eigenvalue weighted by Gasteiger charge is 2.26. The van der Waals surface area contributed by atoms with E-state index in [1.165, 1.54) is 11.1 Å². The first kappa shape index (κ1) is 14.5. The third-order valence-electron chi connectivity index (χ3n) is 4.99. The fourth-order valence-electron chi connectivity index (χ4n) is 3.80. The summed E-state index contributed by atoms with van der Waals surface area (Å²) < 4.78 is 0. The Hall–Kier alpha value is -2.14. The van der Waals surface area contributed by atoms with E-state index in [2.05, 4.69) is 44.5 Å². The molecule has 4 rings (SSSR count). The molecule has 120 valence electrons. The van der Waals surface area contributed by atoms with Gasteiger partial charge in [0, 0.05) is 12.6 Å². The second-order valence-electron chi connectivity index (χ2n) is 6.37. The molecule has 0 bridgehead atoms. The Morgan fingerprint density at radius 1 is 1.22 bits per heavy atom. The van der Waals surface area contributed by atoms with Crippen molar-refractivity contribution < 1.29 is 5.11 Å². The van der Waals surface area contributed by atoms with Crippen molar-refractivity contribution in [2.45, 2.75) is 37.8 Å². The standard InChI is InChI=1S/C18H22N4O/c23-11-14-5-3-9-22(14)18-10-17(19-12-20-18)21-16-8-7-13-4-1-2-6-15(13)16/h1-2,4,6,10,12,14,16,23H,3,5,7-9,11H2,(H,19,20,21). The van der Waals surface area contributed by atoms with Gasteiger partial charge in [0.05, 0.1) is 18.7 Å². The highest BCUT2D eigenvalue weighted by atomic mass is 16.3. The van der Waals surface area contributed by atoms with Crippen LogP contribution in [0.1, 0.15) is 36.4 Å². The number of fused-ring (bicyclic) bond motifs is 1. The van der Waals surface area contributed by atoms with Crippen LogP contribution in [0, 0.1) is 0 Å². The molecule has 1 aliphatic carbocycles. The Morgan fingerprint density at radius 3 is 3.04 bits per heavy atom. The predicted octanol–water partition coefficient (Wildman–Crippen LogP) is 2.54. The fourth-order valence-corrected chi connectivity index (χ4v) is 3.80.